The van der Waals surface area contributed by atoms with Gasteiger partial charge in [-0.25, -0.2) is 0 Å². The van der Waals surface area contributed by atoms with E-state index in [1.54, 1.807) is 12.1 Å². The molecule has 2 heterocycles. The van der Waals surface area contributed by atoms with Gasteiger partial charge in [0.15, 0.2) is 0 Å². The van der Waals surface area contributed by atoms with Crippen molar-refractivity contribution in [3.8, 4) is 0 Å². The first-order chi connectivity index (χ1) is 11.2. The van der Waals surface area contributed by atoms with E-state index in [9.17, 15) is 4.79 Å². The van der Waals surface area contributed by atoms with Crippen molar-refractivity contribution >= 4 is 24.0 Å². The number of carbonyl (C=O) groups is 1. The van der Waals surface area contributed by atoms with Gasteiger partial charge < -0.3 is 20.1 Å². The summed E-state index contributed by atoms with van der Waals surface area (Å²) in [7, 11) is 0. The number of nitrogens with two attached hydrogens (primary N) is 1. The van der Waals surface area contributed by atoms with E-state index in [0.717, 1.165) is 39.0 Å². The first-order valence-corrected chi connectivity index (χ1v) is 8.61. The average Bonchev–Trinajstić information content (AvgIpc) is 2.61. The fourth-order valence-corrected chi connectivity index (χ4v) is 3.27. The molecule has 2 aliphatic rings. The van der Waals surface area contributed by atoms with E-state index < -0.39 is 0 Å². The molecule has 6 heteroatoms. The molecule has 134 valence electrons. The largest absolute Gasteiger partial charge is 0.398 e. The van der Waals surface area contributed by atoms with E-state index in [0.29, 0.717) is 17.9 Å². The number of nitrogens with zero attached hydrogens (tertiary/aromatic N) is 1. The monoisotopic (exact) mass is 354 g/mol. The van der Waals surface area contributed by atoms with Crippen LogP contribution in [0.2, 0.25) is 0 Å². The number of nitrogen functional groups attached to an aromatic ring is 1. The maximum Gasteiger partial charge on any atom is 0.255 e. The van der Waals surface area contributed by atoms with Crippen LogP contribution in [0.4, 0.5) is 5.69 Å². The molecule has 3 rings (SSSR count). The third-order valence-electron chi connectivity index (χ3n) is 4.71. The number of rotatable bonds is 4. The number of halogens is 1. The van der Waals surface area contributed by atoms with E-state index in [1.807, 2.05) is 17.0 Å². The van der Waals surface area contributed by atoms with Gasteiger partial charge in [-0.15, -0.1) is 12.4 Å². The Morgan fingerprint density at radius 2 is 1.96 bits per heavy atom. The van der Waals surface area contributed by atoms with Crippen LogP contribution < -0.4 is 5.73 Å². The van der Waals surface area contributed by atoms with Crippen LogP contribution in [0.15, 0.2) is 24.3 Å². The Morgan fingerprint density at radius 3 is 2.62 bits per heavy atom. The van der Waals surface area contributed by atoms with Gasteiger partial charge in [0, 0.05) is 25.4 Å². The normalized spacial score (nSPS) is 22.0. The van der Waals surface area contributed by atoms with Crippen LogP contribution in [0.25, 0.3) is 0 Å². The molecule has 0 aliphatic carbocycles. The lowest BCUT2D eigenvalue weighted by molar-refractivity contribution is -0.0733. The van der Waals surface area contributed by atoms with E-state index in [2.05, 4.69) is 0 Å². The van der Waals surface area contributed by atoms with Crippen molar-refractivity contribution in [2.24, 2.45) is 0 Å². The summed E-state index contributed by atoms with van der Waals surface area (Å²) in [6.45, 7) is 3.00. The van der Waals surface area contributed by atoms with E-state index in [-0.39, 0.29) is 30.5 Å². The van der Waals surface area contributed by atoms with Gasteiger partial charge in [0.2, 0.25) is 0 Å². The van der Waals surface area contributed by atoms with Gasteiger partial charge in [-0.2, -0.15) is 0 Å². The first kappa shape index (κ1) is 19.0. The van der Waals surface area contributed by atoms with Crippen molar-refractivity contribution in [2.75, 3.05) is 32.0 Å². The van der Waals surface area contributed by atoms with Crippen LogP contribution in [0.3, 0.4) is 0 Å². The van der Waals surface area contributed by atoms with Crippen molar-refractivity contribution in [1.29, 1.82) is 0 Å². The highest BCUT2D eigenvalue weighted by Gasteiger charge is 2.26. The smallest absolute Gasteiger partial charge is 0.255 e. The molecule has 0 saturated carbocycles. The summed E-state index contributed by atoms with van der Waals surface area (Å²) in [5, 5.41) is 0. The molecule has 2 aliphatic heterocycles. The van der Waals surface area contributed by atoms with Gasteiger partial charge in [0.05, 0.1) is 24.4 Å². The Bertz CT molecular complexity index is 527. The van der Waals surface area contributed by atoms with Crippen molar-refractivity contribution in [3.05, 3.63) is 29.8 Å². The number of ether oxygens (including phenoxy) is 2. The second kappa shape index (κ2) is 9.25. The summed E-state index contributed by atoms with van der Waals surface area (Å²) in [6.07, 6.45) is 5.75. The molecular formula is C18H27ClN2O3. The van der Waals surface area contributed by atoms with Gasteiger partial charge in [0.25, 0.3) is 5.91 Å². The quantitative estimate of drug-likeness (QED) is 0.844. The molecule has 0 spiro atoms. The molecule has 0 radical (unpaired) electrons. The highest BCUT2D eigenvalue weighted by atomic mass is 35.5. The van der Waals surface area contributed by atoms with E-state index >= 15 is 0 Å². The molecule has 2 fully saturated rings. The third-order valence-corrected chi connectivity index (χ3v) is 4.71. The number of hydrogen-bond acceptors (Lipinski definition) is 4. The van der Waals surface area contributed by atoms with Crippen LogP contribution in [0, 0.1) is 0 Å². The maximum atomic E-state index is 12.5. The van der Waals surface area contributed by atoms with Crippen molar-refractivity contribution in [2.45, 2.75) is 44.3 Å². The molecule has 0 aromatic heterocycles. The second-order valence-corrected chi connectivity index (χ2v) is 6.40. The first-order valence-electron chi connectivity index (χ1n) is 8.61. The number of anilines is 1. The highest BCUT2D eigenvalue weighted by molar-refractivity contribution is 5.99. The van der Waals surface area contributed by atoms with Crippen LogP contribution in [-0.2, 0) is 9.47 Å². The number of amides is 1. The van der Waals surface area contributed by atoms with Crippen LogP contribution in [0.5, 0.6) is 0 Å². The Morgan fingerprint density at radius 1 is 1.21 bits per heavy atom. The Labute approximate surface area is 149 Å². The van der Waals surface area contributed by atoms with Gasteiger partial charge >= 0.3 is 0 Å². The number of likely N-dealkylation sites (tertiary alicyclic amines) is 1. The van der Waals surface area contributed by atoms with Crippen LogP contribution in [-0.4, -0.2) is 49.3 Å². The molecule has 0 bridgehead atoms. The molecule has 1 aromatic rings. The fourth-order valence-electron chi connectivity index (χ4n) is 3.27. The van der Waals surface area contributed by atoms with Crippen molar-refractivity contribution in [1.82, 2.24) is 4.90 Å². The second-order valence-electron chi connectivity index (χ2n) is 6.40. The van der Waals surface area contributed by atoms with E-state index in [4.69, 9.17) is 15.2 Å². The molecule has 1 atom stereocenters. The van der Waals surface area contributed by atoms with E-state index in [1.165, 1.54) is 12.8 Å². The summed E-state index contributed by atoms with van der Waals surface area (Å²) >= 11 is 0. The average molecular weight is 355 g/mol. The SMILES string of the molecule is Cl.Nc1ccccc1C(=O)N1CCC(OCC2CCCCO2)CC1. The van der Waals surface area contributed by atoms with Gasteiger partial charge in [-0.1, -0.05) is 12.1 Å². The molecular weight excluding hydrogens is 328 g/mol. The fraction of sp³-hybridized carbons (Fsp3) is 0.611. The number of carbonyl (C=O) groups excluding carboxylic acids is 1. The lowest BCUT2D eigenvalue weighted by atomic mass is 10.1. The zero-order valence-corrected chi connectivity index (χ0v) is 14.8. The minimum absolute atomic E-state index is 0. The molecule has 1 unspecified atom stereocenters. The predicted molar refractivity (Wildman–Crippen MR) is 96.6 cm³/mol. The molecule has 1 aromatic carbocycles. The summed E-state index contributed by atoms with van der Waals surface area (Å²) in [5.41, 5.74) is 7.05. The van der Waals surface area contributed by atoms with Crippen molar-refractivity contribution < 1.29 is 14.3 Å². The molecule has 24 heavy (non-hydrogen) atoms. The Kier molecular flexibility index (Phi) is 7.34. The molecule has 5 nitrogen and oxygen atoms in total. The third kappa shape index (κ3) is 4.85. The van der Waals surface area contributed by atoms with Crippen molar-refractivity contribution in [3.63, 3.8) is 0 Å². The topological polar surface area (TPSA) is 64.8 Å². The number of piperidine rings is 1. The number of hydrogen-bond donors (Lipinski definition) is 1. The standard InChI is InChI=1S/C18H26N2O3.ClH/c19-17-7-2-1-6-16(17)18(21)20-10-8-14(9-11-20)23-13-15-5-3-4-12-22-15;/h1-2,6-7,14-15H,3-5,8-13,19H2;1H. The minimum atomic E-state index is 0. The van der Waals surface area contributed by atoms with Crippen LogP contribution in [0.1, 0.15) is 42.5 Å². The maximum absolute atomic E-state index is 12.5. The summed E-state index contributed by atoms with van der Waals surface area (Å²) in [5.74, 6) is 0.0252. The molecule has 2 saturated heterocycles. The zero-order valence-electron chi connectivity index (χ0n) is 14.0. The van der Waals surface area contributed by atoms with Crippen LogP contribution >= 0.6 is 12.4 Å². The lowest BCUT2D eigenvalue weighted by Crippen LogP contribution is -2.41. The molecule has 1 amide bonds. The Balaban J connectivity index is 0.00000208. The number of para-hydroxylation sites is 1. The molecule has 2 N–H and O–H groups in total. The summed E-state index contributed by atoms with van der Waals surface area (Å²) in [6, 6.07) is 7.26. The zero-order chi connectivity index (χ0) is 16.1. The predicted octanol–water partition coefficient (Wildman–Crippen LogP) is 2.88. The minimum Gasteiger partial charge on any atom is -0.398 e. The summed E-state index contributed by atoms with van der Waals surface area (Å²) in [4.78, 5) is 14.4. The lowest BCUT2D eigenvalue weighted by Gasteiger charge is -2.33. The highest BCUT2D eigenvalue weighted by Crippen LogP contribution is 2.20. The number of benzene rings is 1. The van der Waals surface area contributed by atoms with Gasteiger partial charge in [-0.3, -0.25) is 4.79 Å². The van der Waals surface area contributed by atoms with Gasteiger partial charge in [-0.05, 0) is 44.2 Å². The Hall–Kier alpha value is -1.30. The van der Waals surface area contributed by atoms with Gasteiger partial charge in [0.1, 0.15) is 0 Å². The summed E-state index contributed by atoms with van der Waals surface area (Å²) < 4.78 is 11.7.